The van der Waals surface area contributed by atoms with Crippen molar-refractivity contribution in [3.8, 4) is 21.1 Å². The van der Waals surface area contributed by atoms with Crippen molar-refractivity contribution in [2.75, 3.05) is 7.05 Å². The molecule has 0 aliphatic rings. The van der Waals surface area contributed by atoms with E-state index in [1.54, 1.807) is 35.1 Å². The quantitative estimate of drug-likeness (QED) is 0.549. The van der Waals surface area contributed by atoms with Gasteiger partial charge in [-0.25, -0.2) is 9.97 Å². The number of fused-ring (bicyclic) bond motifs is 1. The highest BCUT2D eigenvalue weighted by molar-refractivity contribution is 7.19. The van der Waals surface area contributed by atoms with Crippen LogP contribution in [0.1, 0.15) is 16.2 Å². The van der Waals surface area contributed by atoms with Crippen molar-refractivity contribution in [2.45, 2.75) is 6.92 Å². The minimum atomic E-state index is 0.481. The summed E-state index contributed by atoms with van der Waals surface area (Å²) in [5, 5.41) is 3.79. The van der Waals surface area contributed by atoms with Crippen LogP contribution in [-0.4, -0.2) is 28.3 Å². The van der Waals surface area contributed by atoms with Gasteiger partial charge >= 0.3 is 0 Å². The molecule has 126 valence electrons. The van der Waals surface area contributed by atoms with E-state index in [1.165, 1.54) is 7.05 Å². The van der Waals surface area contributed by atoms with E-state index in [-0.39, 0.29) is 0 Å². The molecule has 2 N–H and O–H groups in total. The van der Waals surface area contributed by atoms with E-state index in [1.807, 2.05) is 36.6 Å². The lowest BCUT2D eigenvalue weighted by Gasteiger charge is -2.01. The number of nitrogens with two attached hydrogens (primary N) is 1. The van der Waals surface area contributed by atoms with E-state index in [0.29, 0.717) is 5.69 Å². The van der Waals surface area contributed by atoms with Crippen LogP contribution in [0, 0.1) is 6.92 Å². The van der Waals surface area contributed by atoms with Crippen LogP contribution in [0.15, 0.2) is 42.0 Å². The molecule has 0 unspecified atom stereocenters. The molecular weight excluding hydrogens is 352 g/mol. The third-order valence-corrected chi connectivity index (χ3v) is 5.62. The van der Waals surface area contributed by atoms with Crippen molar-refractivity contribution in [1.82, 2.24) is 15.0 Å². The normalized spacial score (nSPS) is 10.4. The number of nitrogens with zero attached hydrogens (tertiary/aromatic N) is 3. The first-order valence-electron chi connectivity index (χ1n) is 7.55. The number of rotatable bonds is 3. The largest absolute Gasteiger partial charge is 0.333 e. The van der Waals surface area contributed by atoms with Gasteiger partial charge in [0, 0.05) is 28.0 Å². The number of aldehydes is 1. The average molecular weight is 368 g/mol. The van der Waals surface area contributed by atoms with Gasteiger partial charge in [-0.1, -0.05) is 0 Å². The van der Waals surface area contributed by atoms with Gasteiger partial charge in [0.25, 0.3) is 0 Å². The number of aryl methyl sites for hydroxylation is 1. The predicted octanol–water partition coefficient (Wildman–Crippen LogP) is 4.18. The van der Waals surface area contributed by atoms with E-state index < -0.39 is 0 Å². The Bertz CT molecular complexity index is 1010. The van der Waals surface area contributed by atoms with Gasteiger partial charge in [0.1, 0.15) is 10.7 Å². The molecule has 7 heteroatoms. The Morgan fingerprint density at radius 1 is 1.20 bits per heavy atom. The topological polar surface area (TPSA) is 81.8 Å². The zero-order valence-corrected chi connectivity index (χ0v) is 15.4. The molecule has 0 spiro atoms. The van der Waals surface area contributed by atoms with Gasteiger partial charge in [-0.2, -0.15) is 0 Å². The summed E-state index contributed by atoms with van der Waals surface area (Å²) < 4.78 is 1.06. The van der Waals surface area contributed by atoms with Crippen molar-refractivity contribution in [1.29, 1.82) is 0 Å². The van der Waals surface area contributed by atoms with Crippen LogP contribution in [0.3, 0.4) is 0 Å². The van der Waals surface area contributed by atoms with Crippen LogP contribution in [0.2, 0.25) is 0 Å². The van der Waals surface area contributed by atoms with Gasteiger partial charge in [0.05, 0.1) is 16.3 Å². The van der Waals surface area contributed by atoms with Crippen molar-refractivity contribution < 1.29 is 4.79 Å². The molecule has 4 heterocycles. The van der Waals surface area contributed by atoms with Crippen LogP contribution < -0.4 is 5.73 Å². The summed E-state index contributed by atoms with van der Waals surface area (Å²) in [6, 6.07) is 7.84. The Morgan fingerprint density at radius 2 is 2.04 bits per heavy atom. The lowest BCUT2D eigenvalue weighted by Crippen LogP contribution is -1.91. The van der Waals surface area contributed by atoms with Crippen molar-refractivity contribution in [2.24, 2.45) is 5.73 Å². The van der Waals surface area contributed by atoms with E-state index in [4.69, 9.17) is 0 Å². The maximum Gasteiger partial charge on any atom is 0.169 e. The Labute approximate surface area is 153 Å². The summed E-state index contributed by atoms with van der Waals surface area (Å²) in [4.78, 5) is 25.6. The summed E-state index contributed by atoms with van der Waals surface area (Å²) in [6.07, 6.45) is 4.36. The Balaban J connectivity index is 0.000000880. The van der Waals surface area contributed by atoms with Gasteiger partial charge < -0.3 is 5.73 Å². The molecule has 4 rings (SSSR count). The third-order valence-electron chi connectivity index (χ3n) is 3.53. The highest BCUT2D eigenvalue weighted by atomic mass is 32.1. The molecule has 5 nitrogen and oxygen atoms in total. The van der Waals surface area contributed by atoms with E-state index in [2.05, 4.69) is 20.7 Å². The molecule has 0 aromatic carbocycles. The minimum Gasteiger partial charge on any atom is -0.333 e. The van der Waals surface area contributed by atoms with E-state index >= 15 is 0 Å². The van der Waals surface area contributed by atoms with E-state index in [0.717, 1.165) is 43.2 Å². The smallest absolute Gasteiger partial charge is 0.169 e. The molecule has 4 aromatic rings. The molecule has 25 heavy (non-hydrogen) atoms. The lowest BCUT2D eigenvalue weighted by atomic mass is 10.2. The fourth-order valence-electron chi connectivity index (χ4n) is 2.44. The summed E-state index contributed by atoms with van der Waals surface area (Å²) in [5.74, 6) is 0. The fourth-order valence-corrected chi connectivity index (χ4v) is 4.29. The maximum absolute atomic E-state index is 11.3. The second-order valence-electron chi connectivity index (χ2n) is 5.02. The Kier molecular flexibility index (Phi) is 5.28. The van der Waals surface area contributed by atoms with Crippen molar-refractivity contribution in [3.63, 3.8) is 0 Å². The maximum atomic E-state index is 11.3. The number of carbonyl (C=O) groups excluding carboxylic acids is 1. The van der Waals surface area contributed by atoms with Gasteiger partial charge in [0.15, 0.2) is 6.29 Å². The Morgan fingerprint density at radius 3 is 2.76 bits per heavy atom. The zero-order chi connectivity index (χ0) is 17.8. The monoisotopic (exact) mass is 368 g/mol. The number of aromatic nitrogens is 3. The molecule has 0 radical (unpaired) electrons. The van der Waals surface area contributed by atoms with Crippen LogP contribution in [0.5, 0.6) is 0 Å². The first kappa shape index (κ1) is 17.3. The highest BCUT2D eigenvalue weighted by Crippen LogP contribution is 2.36. The summed E-state index contributed by atoms with van der Waals surface area (Å²) in [6.45, 7) is 1.96. The molecule has 4 aromatic heterocycles. The molecule has 0 amide bonds. The average Bonchev–Trinajstić information content (AvgIpc) is 3.29. The summed E-state index contributed by atoms with van der Waals surface area (Å²) in [7, 11) is 1.50. The Hall–Kier alpha value is -2.48. The third kappa shape index (κ3) is 3.34. The lowest BCUT2D eigenvalue weighted by molar-refractivity contribution is 0.112. The molecular formula is C18H16N4OS2. The summed E-state index contributed by atoms with van der Waals surface area (Å²) >= 11 is 3.18. The number of thiophene rings is 1. The molecule has 0 fully saturated rings. The zero-order valence-electron chi connectivity index (χ0n) is 13.8. The van der Waals surface area contributed by atoms with Gasteiger partial charge in [0.2, 0.25) is 0 Å². The van der Waals surface area contributed by atoms with Gasteiger partial charge in [-0.15, -0.1) is 22.7 Å². The number of hydrogen-bond acceptors (Lipinski definition) is 7. The second-order valence-corrected chi connectivity index (χ2v) is 6.97. The molecule has 0 aliphatic heterocycles. The number of pyridine rings is 2. The minimum absolute atomic E-state index is 0.481. The summed E-state index contributed by atoms with van der Waals surface area (Å²) in [5.41, 5.74) is 7.68. The number of hydrogen-bond donors (Lipinski definition) is 1. The highest BCUT2D eigenvalue weighted by Gasteiger charge is 2.15. The van der Waals surface area contributed by atoms with Crippen LogP contribution >= 0.6 is 22.7 Å². The first-order chi connectivity index (χ1) is 12.3. The van der Waals surface area contributed by atoms with Crippen LogP contribution in [0.4, 0.5) is 0 Å². The van der Waals surface area contributed by atoms with E-state index in [9.17, 15) is 4.79 Å². The number of thiazole rings is 1. The predicted molar refractivity (Wildman–Crippen MR) is 104 cm³/mol. The molecule has 0 aliphatic carbocycles. The van der Waals surface area contributed by atoms with Crippen LogP contribution in [0.25, 0.3) is 31.2 Å². The van der Waals surface area contributed by atoms with Gasteiger partial charge in [-0.05, 0) is 43.6 Å². The SMILES string of the molecule is CN.Cc1nc(-c2cccnc2)sc1-c1cc2sccc2c(C=O)n1. The molecule has 0 atom stereocenters. The van der Waals surface area contributed by atoms with Crippen molar-refractivity contribution >= 4 is 39.0 Å². The number of carbonyl (C=O) groups is 1. The molecule has 0 bridgehead atoms. The van der Waals surface area contributed by atoms with Crippen LogP contribution in [-0.2, 0) is 0 Å². The fraction of sp³-hybridized carbons (Fsp3) is 0.111. The first-order valence-corrected chi connectivity index (χ1v) is 9.25. The second kappa shape index (κ2) is 7.60. The van der Waals surface area contributed by atoms with Crippen molar-refractivity contribution in [3.05, 3.63) is 53.4 Å². The molecule has 0 saturated carbocycles. The van der Waals surface area contributed by atoms with Gasteiger partial charge in [-0.3, -0.25) is 9.78 Å². The molecule has 0 saturated heterocycles. The standard InChI is InChI=1S/C17H11N3OS2.CH5N/c1-10-16(23-17(19-10)11-3-2-5-18-8-11)13-7-15-12(4-6-22-15)14(9-21)20-13;1-2/h2-9H,1H3;2H2,1H3.